The van der Waals surface area contributed by atoms with Crippen LogP contribution < -0.4 is 5.32 Å². The van der Waals surface area contributed by atoms with Gasteiger partial charge in [-0.3, -0.25) is 9.35 Å². The van der Waals surface area contributed by atoms with Gasteiger partial charge < -0.3 is 25.4 Å². The molecule has 5 atom stereocenters. The van der Waals surface area contributed by atoms with E-state index in [0.29, 0.717) is 0 Å². The number of aliphatic hydroxyl groups is 3. The van der Waals surface area contributed by atoms with Crippen LogP contribution in [0.3, 0.4) is 0 Å². The summed E-state index contributed by atoms with van der Waals surface area (Å²) in [5, 5.41) is 31.0. The number of nitrogens with one attached hydrogen (secondary N) is 1. The number of hydrogen-bond donors (Lipinski definition) is 5. The molecule has 11 heteroatoms. The molecule has 1 aliphatic heterocycles. The summed E-state index contributed by atoms with van der Waals surface area (Å²) < 4.78 is 37.9. The topological polar surface area (TPSA) is 163 Å². The lowest BCUT2D eigenvalue weighted by Gasteiger charge is -2.40. The maximum Gasteiger partial charge on any atom is 0.397 e. The minimum atomic E-state index is -4.74. The van der Waals surface area contributed by atoms with Crippen molar-refractivity contribution >= 4 is 16.3 Å². The van der Waals surface area contributed by atoms with Gasteiger partial charge in [-0.2, -0.15) is 8.42 Å². The molecular formula is C8H15NO9S. The van der Waals surface area contributed by atoms with Crippen molar-refractivity contribution in [3.8, 4) is 0 Å². The second-order valence-electron chi connectivity index (χ2n) is 3.98. The Labute approximate surface area is 108 Å². The molecule has 0 aromatic carbocycles. The minimum Gasteiger partial charge on any atom is -0.388 e. The van der Waals surface area contributed by atoms with Gasteiger partial charge in [0.25, 0.3) is 0 Å². The fourth-order valence-corrected chi connectivity index (χ4v) is 1.93. The summed E-state index contributed by atoms with van der Waals surface area (Å²) in [7, 11) is -4.74. The highest BCUT2D eigenvalue weighted by atomic mass is 32.3. The van der Waals surface area contributed by atoms with Gasteiger partial charge in [-0.15, -0.1) is 0 Å². The summed E-state index contributed by atoms with van der Waals surface area (Å²) in [5.74, 6) is -0.563. The van der Waals surface area contributed by atoms with Crippen LogP contribution >= 0.6 is 0 Å². The predicted molar refractivity (Wildman–Crippen MR) is 58.0 cm³/mol. The van der Waals surface area contributed by atoms with Gasteiger partial charge in [0.2, 0.25) is 5.91 Å². The normalized spacial score (nSPS) is 35.9. The van der Waals surface area contributed by atoms with Crippen LogP contribution in [-0.2, 0) is 24.1 Å². The number of carbonyl (C=O) groups is 1. The zero-order chi connectivity index (χ0) is 14.8. The van der Waals surface area contributed by atoms with Crippen LogP contribution in [0.25, 0.3) is 0 Å². The summed E-state index contributed by atoms with van der Waals surface area (Å²) in [6, 6.07) is -1.27. The third kappa shape index (κ3) is 4.65. The van der Waals surface area contributed by atoms with E-state index in [0.717, 1.165) is 6.92 Å². The second-order valence-corrected chi connectivity index (χ2v) is 5.08. The molecular weight excluding hydrogens is 286 g/mol. The van der Waals surface area contributed by atoms with E-state index in [-0.39, 0.29) is 0 Å². The molecule has 10 nitrogen and oxygen atoms in total. The van der Waals surface area contributed by atoms with E-state index in [1.54, 1.807) is 0 Å². The van der Waals surface area contributed by atoms with E-state index in [1.165, 1.54) is 0 Å². The maximum absolute atomic E-state index is 10.8. The first-order valence-electron chi connectivity index (χ1n) is 5.20. The lowest BCUT2D eigenvalue weighted by atomic mass is 9.97. The number of aliphatic hydroxyl groups excluding tert-OH is 3. The molecule has 19 heavy (non-hydrogen) atoms. The average Bonchev–Trinajstić information content (AvgIpc) is 2.26. The Bertz CT molecular complexity index is 424. The van der Waals surface area contributed by atoms with Crippen LogP contribution in [0.5, 0.6) is 0 Å². The molecule has 0 aliphatic carbocycles. The van der Waals surface area contributed by atoms with Crippen molar-refractivity contribution in [2.45, 2.75) is 37.6 Å². The minimum absolute atomic E-state index is 0.563. The molecule has 0 radical (unpaired) electrons. The van der Waals surface area contributed by atoms with Gasteiger partial charge in [-0.1, -0.05) is 0 Å². The van der Waals surface area contributed by atoms with Crippen molar-refractivity contribution in [2.24, 2.45) is 0 Å². The Hall–Kier alpha value is -0.820. The average molecular weight is 301 g/mol. The van der Waals surface area contributed by atoms with Gasteiger partial charge in [-0.05, 0) is 0 Å². The first-order valence-corrected chi connectivity index (χ1v) is 6.57. The smallest absolute Gasteiger partial charge is 0.388 e. The highest BCUT2D eigenvalue weighted by Gasteiger charge is 2.44. The zero-order valence-corrected chi connectivity index (χ0v) is 10.6. The van der Waals surface area contributed by atoms with Gasteiger partial charge >= 0.3 is 10.4 Å². The zero-order valence-electron chi connectivity index (χ0n) is 9.83. The summed E-state index contributed by atoms with van der Waals surface area (Å²) >= 11 is 0. The molecule has 0 bridgehead atoms. The predicted octanol–water partition coefficient (Wildman–Crippen LogP) is -3.25. The lowest BCUT2D eigenvalue weighted by molar-refractivity contribution is -0.252. The number of ether oxygens (including phenoxy) is 1. The third-order valence-corrected chi connectivity index (χ3v) is 2.91. The monoisotopic (exact) mass is 301 g/mol. The molecule has 1 rings (SSSR count). The molecule has 1 aliphatic rings. The Kier molecular flexibility index (Phi) is 5.20. The van der Waals surface area contributed by atoms with Crippen molar-refractivity contribution in [1.82, 2.24) is 5.32 Å². The van der Waals surface area contributed by atoms with Crippen molar-refractivity contribution < 1.29 is 42.0 Å². The van der Waals surface area contributed by atoms with E-state index in [2.05, 4.69) is 9.50 Å². The molecule has 1 saturated heterocycles. The van der Waals surface area contributed by atoms with E-state index >= 15 is 0 Å². The fourth-order valence-electron chi connectivity index (χ4n) is 1.63. The summed E-state index contributed by atoms with van der Waals surface area (Å²) in [6.07, 6.45) is -6.28. The first kappa shape index (κ1) is 16.2. The van der Waals surface area contributed by atoms with E-state index < -0.39 is 53.6 Å². The molecule has 0 unspecified atom stereocenters. The van der Waals surface area contributed by atoms with Gasteiger partial charge in [0, 0.05) is 6.92 Å². The highest BCUT2D eigenvalue weighted by molar-refractivity contribution is 7.80. The molecule has 1 heterocycles. The number of rotatable bonds is 4. The van der Waals surface area contributed by atoms with Crippen LogP contribution in [-0.4, -0.2) is 71.4 Å². The molecule has 1 fully saturated rings. The Balaban J connectivity index is 2.69. The molecule has 0 saturated carbocycles. The van der Waals surface area contributed by atoms with Crippen LogP contribution in [0.4, 0.5) is 0 Å². The van der Waals surface area contributed by atoms with Crippen LogP contribution in [0.2, 0.25) is 0 Å². The van der Waals surface area contributed by atoms with Crippen LogP contribution in [0, 0.1) is 0 Å². The second kappa shape index (κ2) is 6.09. The van der Waals surface area contributed by atoms with E-state index in [4.69, 9.17) is 9.29 Å². The van der Waals surface area contributed by atoms with Crippen molar-refractivity contribution in [3.63, 3.8) is 0 Å². The lowest BCUT2D eigenvalue weighted by Crippen LogP contribution is -2.64. The van der Waals surface area contributed by atoms with Gasteiger partial charge in [-0.25, -0.2) is 4.18 Å². The van der Waals surface area contributed by atoms with Crippen molar-refractivity contribution in [2.75, 3.05) is 6.61 Å². The van der Waals surface area contributed by atoms with E-state index in [1.807, 2.05) is 0 Å². The van der Waals surface area contributed by atoms with Gasteiger partial charge in [0.15, 0.2) is 6.29 Å². The Morgan fingerprint density at radius 1 is 1.32 bits per heavy atom. The van der Waals surface area contributed by atoms with Crippen molar-refractivity contribution in [1.29, 1.82) is 0 Å². The molecule has 0 aromatic heterocycles. The number of hydrogen-bond acceptors (Lipinski definition) is 8. The van der Waals surface area contributed by atoms with Gasteiger partial charge in [0.1, 0.15) is 24.4 Å². The number of amides is 1. The fraction of sp³-hybridized carbons (Fsp3) is 0.875. The Morgan fingerprint density at radius 3 is 2.37 bits per heavy atom. The molecule has 0 spiro atoms. The van der Waals surface area contributed by atoms with Crippen LogP contribution in [0.15, 0.2) is 0 Å². The highest BCUT2D eigenvalue weighted by Crippen LogP contribution is 2.20. The molecule has 0 aromatic rings. The summed E-state index contributed by atoms with van der Waals surface area (Å²) in [5.41, 5.74) is 0. The maximum atomic E-state index is 10.8. The number of carbonyl (C=O) groups excluding carboxylic acids is 1. The molecule has 5 N–H and O–H groups in total. The van der Waals surface area contributed by atoms with Crippen molar-refractivity contribution in [3.05, 3.63) is 0 Å². The van der Waals surface area contributed by atoms with Crippen LogP contribution in [0.1, 0.15) is 6.92 Å². The summed E-state index contributed by atoms with van der Waals surface area (Å²) in [4.78, 5) is 10.8. The first-order chi connectivity index (χ1) is 8.61. The quantitative estimate of drug-likeness (QED) is 0.335. The largest absolute Gasteiger partial charge is 0.397 e. The third-order valence-electron chi connectivity index (χ3n) is 2.47. The Morgan fingerprint density at radius 2 is 1.89 bits per heavy atom. The SMILES string of the molecule is CC(=O)N[C@H]1[C@H](O)[C@@H](O)[C@H](COS(=O)(=O)O)O[C@@H]1O. The summed E-state index contributed by atoms with van der Waals surface area (Å²) in [6.45, 7) is 0.334. The molecule has 1 amide bonds. The standard InChI is InChI=1S/C8H15NO9S/c1-3(10)9-5-7(12)6(11)4(18-8(5)13)2-17-19(14,15)16/h4-8,11-13H,2H2,1H3,(H,9,10)(H,14,15,16)/t4-,5-,6-,7-,8-/m0/s1. The van der Waals surface area contributed by atoms with Gasteiger partial charge in [0.05, 0.1) is 6.61 Å². The molecule has 112 valence electrons. The van der Waals surface area contributed by atoms with E-state index in [9.17, 15) is 28.5 Å².